The maximum absolute atomic E-state index is 5.60. The summed E-state index contributed by atoms with van der Waals surface area (Å²) in [6.45, 7) is 7.53. The third kappa shape index (κ3) is 3.96. The minimum absolute atomic E-state index is 0.591. The Morgan fingerprint density at radius 1 is 1.27 bits per heavy atom. The van der Waals surface area contributed by atoms with Crippen LogP contribution in [0.4, 0.5) is 5.82 Å². The normalized spacial score (nSPS) is 24.4. The molecule has 2 aliphatic rings. The van der Waals surface area contributed by atoms with E-state index in [1.165, 1.54) is 45.3 Å². The molecule has 0 bridgehead atoms. The fraction of sp³-hybridized carbons (Fsp3) is 0.765. The minimum Gasteiger partial charge on any atom is -0.381 e. The van der Waals surface area contributed by atoms with Gasteiger partial charge in [-0.3, -0.25) is 0 Å². The largest absolute Gasteiger partial charge is 0.381 e. The summed E-state index contributed by atoms with van der Waals surface area (Å²) in [6, 6.07) is 2.67. The molecule has 0 aromatic carbocycles. The lowest BCUT2D eigenvalue weighted by molar-refractivity contribution is 0.0347. The molecule has 22 heavy (non-hydrogen) atoms. The molecule has 2 fully saturated rings. The highest BCUT2D eigenvalue weighted by Gasteiger charge is 2.25. The molecule has 1 aromatic rings. The van der Waals surface area contributed by atoms with Crippen LogP contribution in [0.15, 0.2) is 12.4 Å². The predicted molar refractivity (Wildman–Crippen MR) is 88.2 cm³/mol. The van der Waals surface area contributed by atoms with Crippen LogP contribution in [0.1, 0.15) is 31.4 Å². The number of nitrogens with zero attached hydrogens (tertiary/aromatic N) is 4. The van der Waals surface area contributed by atoms with Crippen molar-refractivity contribution >= 4 is 5.82 Å². The Balaban J connectivity index is 1.48. The fourth-order valence-corrected chi connectivity index (χ4v) is 3.63. The molecule has 5 heteroatoms. The van der Waals surface area contributed by atoms with Crippen LogP contribution in [-0.4, -0.2) is 60.8 Å². The molecule has 2 aliphatic heterocycles. The number of aryl methyl sites for hydroxylation is 1. The standard InChI is InChI=1S/C17H28N4O/c1-14-10-17(19-13-18-14)20(2)16-5-7-21(8-6-16)11-15-4-3-9-22-12-15/h10,13,15-16H,3-9,11-12H2,1-2H3. The van der Waals surface area contributed by atoms with Crippen molar-refractivity contribution in [3.8, 4) is 0 Å². The van der Waals surface area contributed by atoms with E-state index in [4.69, 9.17) is 4.74 Å². The smallest absolute Gasteiger partial charge is 0.132 e. The van der Waals surface area contributed by atoms with Crippen molar-refractivity contribution in [1.82, 2.24) is 14.9 Å². The third-order valence-corrected chi connectivity index (χ3v) is 5.03. The van der Waals surface area contributed by atoms with Gasteiger partial charge in [-0.25, -0.2) is 9.97 Å². The molecule has 0 N–H and O–H groups in total. The zero-order valence-electron chi connectivity index (χ0n) is 13.9. The van der Waals surface area contributed by atoms with Gasteiger partial charge in [0.25, 0.3) is 0 Å². The lowest BCUT2D eigenvalue weighted by atomic mass is 9.98. The molecule has 1 unspecified atom stereocenters. The maximum Gasteiger partial charge on any atom is 0.132 e. The van der Waals surface area contributed by atoms with Crippen molar-refractivity contribution in [3.63, 3.8) is 0 Å². The summed E-state index contributed by atoms with van der Waals surface area (Å²) in [5.74, 6) is 1.79. The molecule has 0 saturated carbocycles. The molecule has 122 valence electrons. The SMILES string of the molecule is Cc1cc(N(C)C2CCN(CC3CCCOC3)CC2)ncn1. The van der Waals surface area contributed by atoms with Gasteiger partial charge in [0, 0.05) is 51.1 Å². The van der Waals surface area contributed by atoms with Crippen LogP contribution in [-0.2, 0) is 4.74 Å². The molecular weight excluding hydrogens is 276 g/mol. The van der Waals surface area contributed by atoms with Crippen molar-refractivity contribution in [2.24, 2.45) is 5.92 Å². The van der Waals surface area contributed by atoms with Crippen molar-refractivity contribution < 1.29 is 4.74 Å². The number of likely N-dealkylation sites (tertiary alicyclic amines) is 1. The Morgan fingerprint density at radius 3 is 2.77 bits per heavy atom. The van der Waals surface area contributed by atoms with Crippen LogP contribution in [0, 0.1) is 12.8 Å². The zero-order valence-corrected chi connectivity index (χ0v) is 13.9. The first-order valence-corrected chi connectivity index (χ1v) is 8.54. The number of piperidine rings is 1. The molecule has 0 spiro atoms. The monoisotopic (exact) mass is 304 g/mol. The highest BCUT2D eigenvalue weighted by atomic mass is 16.5. The van der Waals surface area contributed by atoms with E-state index < -0.39 is 0 Å². The molecule has 1 atom stereocenters. The summed E-state index contributed by atoms with van der Waals surface area (Å²) in [4.78, 5) is 13.5. The van der Waals surface area contributed by atoms with E-state index in [9.17, 15) is 0 Å². The molecule has 5 nitrogen and oxygen atoms in total. The Morgan fingerprint density at radius 2 is 2.09 bits per heavy atom. The third-order valence-electron chi connectivity index (χ3n) is 5.03. The predicted octanol–water partition coefficient (Wildman–Crippen LogP) is 2.11. The summed E-state index contributed by atoms with van der Waals surface area (Å²) in [5, 5.41) is 0. The second-order valence-corrected chi connectivity index (χ2v) is 6.74. The number of ether oxygens (including phenoxy) is 1. The Kier molecular flexibility index (Phi) is 5.26. The average molecular weight is 304 g/mol. The molecule has 1 aromatic heterocycles. The quantitative estimate of drug-likeness (QED) is 0.852. The van der Waals surface area contributed by atoms with E-state index in [-0.39, 0.29) is 0 Å². The fourth-order valence-electron chi connectivity index (χ4n) is 3.63. The van der Waals surface area contributed by atoms with Crippen molar-refractivity contribution in [2.75, 3.05) is 44.8 Å². The van der Waals surface area contributed by atoms with E-state index >= 15 is 0 Å². The van der Waals surface area contributed by atoms with E-state index in [1.807, 2.05) is 6.92 Å². The first-order chi connectivity index (χ1) is 10.7. The minimum atomic E-state index is 0.591. The van der Waals surface area contributed by atoms with Gasteiger partial charge in [0.2, 0.25) is 0 Å². The Bertz CT molecular complexity index is 467. The first kappa shape index (κ1) is 15.7. The second kappa shape index (κ2) is 7.38. The van der Waals surface area contributed by atoms with Gasteiger partial charge < -0.3 is 14.5 Å². The Labute approximate surface area is 133 Å². The molecule has 3 heterocycles. The highest BCUT2D eigenvalue weighted by Crippen LogP contribution is 2.22. The summed E-state index contributed by atoms with van der Waals surface area (Å²) in [5.41, 5.74) is 1.03. The van der Waals surface area contributed by atoms with Gasteiger partial charge in [0.1, 0.15) is 12.1 Å². The van der Waals surface area contributed by atoms with Gasteiger partial charge >= 0.3 is 0 Å². The number of anilines is 1. The first-order valence-electron chi connectivity index (χ1n) is 8.54. The van der Waals surface area contributed by atoms with Crippen LogP contribution < -0.4 is 4.90 Å². The van der Waals surface area contributed by atoms with Crippen molar-refractivity contribution in [2.45, 2.75) is 38.6 Å². The number of aromatic nitrogens is 2. The summed E-state index contributed by atoms with van der Waals surface area (Å²) >= 11 is 0. The molecule has 0 amide bonds. The maximum atomic E-state index is 5.60. The number of rotatable bonds is 4. The van der Waals surface area contributed by atoms with E-state index in [0.717, 1.165) is 30.6 Å². The lowest BCUT2D eigenvalue weighted by Crippen LogP contribution is -2.45. The van der Waals surface area contributed by atoms with Crippen molar-refractivity contribution in [3.05, 3.63) is 18.1 Å². The van der Waals surface area contributed by atoms with Crippen molar-refractivity contribution in [1.29, 1.82) is 0 Å². The summed E-state index contributed by atoms with van der Waals surface area (Å²) < 4.78 is 5.60. The van der Waals surface area contributed by atoms with Gasteiger partial charge in [-0.1, -0.05) is 0 Å². The summed E-state index contributed by atoms with van der Waals surface area (Å²) in [7, 11) is 2.16. The van der Waals surface area contributed by atoms with Gasteiger partial charge in [0.05, 0.1) is 6.61 Å². The molecule has 0 aliphatic carbocycles. The van der Waals surface area contributed by atoms with Crippen LogP contribution in [0.2, 0.25) is 0 Å². The van der Waals surface area contributed by atoms with Crippen LogP contribution >= 0.6 is 0 Å². The number of hydrogen-bond donors (Lipinski definition) is 0. The number of hydrogen-bond acceptors (Lipinski definition) is 5. The second-order valence-electron chi connectivity index (χ2n) is 6.74. The summed E-state index contributed by atoms with van der Waals surface area (Å²) in [6.07, 6.45) is 6.66. The topological polar surface area (TPSA) is 41.5 Å². The van der Waals surface area contributed by atoms with E-state index in [0.29, 0.717) is 6.04 Å². The average Bonchev–Trinajstić information content (AvgIpc) is 2.56. The van der Waals surface area contributed by atoms with E-state index in [2.05, 4.69) is 32.9 Å². The Hall–Kier alpha value is -1.20. The van der Waals surface area contributed by atoms with Crippen LogP contribution in [0.3, 0.4) is 0 Å². The molecule has 2 saturated heterocycles. The van der Waals surface area contributed by atoms with Gasteiger partial charge in [-0.05, 0) is 38.5 Å². The highest BCUT2D eigenvalue weighted by molar-refractivity contribution is 5.39. The van der Waals surface area contributed by atoms with Gasteiger partial charge in [-0.2, -0.15) is 0 Å². The molecule has 3 rings (SSSR count). The molecular formula is C17H28N4O. The molecule has 0 radical (unpaired) electrons. The van der Waals surface area contributed by atoms with Crippen LogP contribution in [0.25, 0.3) is 0 Å². The zero-order chi connectivity index (χ0) is 15.4. The van der Waals surface area contributed by atoms with Gasteiger partial charge in [0.15, 0.2) is 0 Å². The van der Waals surface area contributed by atoms with Crippen LogP contribution in [0.5, 0.6) is 0 Å². The lowest BCUT2D eigenvalue weighted by Gasteiger charge is -2.39. The van der Waals surface area contributed by atoms with E-state index in [1.54, 1.807) is 6.33 Å². The van der Waals surface area contributed by atoms with Gasteiger partial charge in [-0.15, -0.1) is 0 Å².